The van der Waals surface area contributed by atoms with E-state index in [4.69, 9.17) is 0 Å². The Balaban J connectivity index is 2.26. The van der Waals surface area contributed by atoms with Gasteiger partial charge >= 0.3 is 0 Å². The maximum Gasteiger partial charge on any atom is 0.241 e. The van der Waals surface area contributed by atoms with Crippen molar-refractivity contribution in [3.05, 3.63) is 62.5 Å². The Bertz CT molecular complexity index is 760. The summed E-state index contributed by atoms with van der Waals surface area (Å²) >= 11 is 6.76. The maximum atomic E-state index is 12.4. The van der Waals surface area contributed by atoms with E-state index in [2.05, 4.69) is 36.6 Å². The predicted molar refractivity (Wildman–Crippen MR) is 91.8 cm³/mol. The zero-order valence-electron chi connectivity index (χ0n) is 11.6. The van der Waals surface area contributed by atoms with Crippen LogP contribution in [-0.4, -0.2) is 8.42 Å². The molecule has 0 saturated heterocycles. The van der Waals surface area contributed by atoms with Gasteiger partial charge in [-0.15, -0.1) is 0 Å². The standard InChI is InChI=1S/C15H15Br2NO2S/c1-10-8-14(6-7-15(10)17)21(19,20)18-11(2)12-4-3-5-13(16)9-12/h3-9,11,18H,1-2H3. The van der Waals surface area contributed by atoms with E-state index in [1.165, 1.54) is 0 Å². The SMILES string of the molecule is Cc1cc(S(=O)(=O)NC(C)c2cccc(Br)c2)ccc1Br. The lowest BCUT2D eigenvalue weighted by molar-refractivity contribution is 0.567. The van der Waals surface area contributed by atoms with Crippen LogP contribution < -0.4 is 4.72 Å². The minimum atomic E-state index is -3.55. The van der Waals surface area contributed by atoms with E-state index in [-0.39, 0.29) is 10.9 Å². The molecule has 112 valence electrons. The third kappa shape index (κ3) is 4.16. The van der Waals surface area contributed by atoms with Crippen LogP contribution in [0, 0.1) is 6.92 Å². The average Bonchev–Trinajstić information content (AvgIpc) is 2.41. The highest BCUT2D eigenvalue weighted by atomic mass is 79.9. The third-order valence-corrected chi connectivity index (χ3v) is 6.04. The summed E-state index contributed by atoms with van der Waals surface area (Å²) in [6, 6.07) is 12.3. The van der Waals surface area contributed by atoms with Crippen LogP contribution in [0.2, 0.25) is 0 Å². The van der Waals surface area contributed by atoms with Crippen LogP contribution in [0.15, 0.2) is 56.3 Å². The van der Waals surface area contributed by atoms with Crippen LogP contribution in [0.5, 0.6) is 0 Å². The van der Waals surface area contributed by atoms with Gasteiger partial charge in [0.2, 0.25) is 10.0 Å². The number of hydrogen-bond acceptors (Lipinski definition) is 2. The number of aryl methyl sites for hydroxylation is 1. The first-order valence-electron chi connectivity index (χ1n) is 6.33. The summed E-state index contributed by atoms with van der Waals surface area (Å²) in [5, 5.41) is 0. The van der Waals surface area contributed by atoms with E-state index in [1.807, 2.05) is 38.1 Å². The van der Waals surface area contributed by atoms with Gasteiger partial charge in [-0.25, -0.2) is 13.1 Å². The molecule has 1 N–H and O–H groups in total. The van der Waals surface area contributed by atoms with Gasteiger partial charge in [0.15, 0.2) is 0 Å². The minimum Gasteiger partial charge on any atom is -0.207 e. The van der Waals surface area contributed by atoms with Gasteiger partial charge in [0, 0.05) is 15.0 Å². The molecule has 0 radical (unpaired) electrons. The molecular formula is C15H15Br2NO2S. The van der Waals surface area contributed by atoms with Crippen molar-refractivity contribution in [2.45, 2.75) is 24.8 Å². The van der Waals surface area contributed by atoms with Crippen LogP contribution in [0.3, 0.4) is 0 Å². The Morgan fingerprint density at radius 1 is 1.10 bits per heavy atom. The largest absolute Gasteiger partial charge is 0.241 e. The molecule has 0 fully saturated rings. The van der Waals surface area contributed by atoms with Gasteiger partial charge in [-0.3, -0.25) is 0 Å². The highest BCUT2D eigenvalue weighted by Crippen LogP contribution is 2.23. The Morgan fingerprint density at radius 3 is 2.43 bits per heavy atom. The number of halogens is 2. The van der Waals surface area contributed by atoms with Crippen LogP contribution in [0.1, 0.15) is 24.1 Å². The van der Waals surface area contributed by atoms with Crippen molar-refractivity contribution in [3.8, 4) is 0 Å². The third-order valence-electron chi connectivity index (χ3n) is 3.12. The fraction of sp³-hybridized carbons (Fsp3) is 0.200. The van der Waals surface area contributed by atoms with E-state index in [1.54, 1.807) is 18.2 Å². The molecule has 0 heterocycles. The summed E-state index contributed by atoms with van der Waals surface area (Å²) < 4.78 is 29.4. The second-order valence-corrected chi connectivity index (χ2v) is 8.29. The van der Waals surface area contributed by atoms with Crippen LogP contribution in [0.4, 0.5) is 0 Å². The molecule has 21 heavy (non-hydrogen) atoms. The lowest BCUT2D eigenvalue weighted by Gasteiger charge is -2.15. The van der Waals surface area contributed by atoms with Gasteiger partial charge in [-0.1, -0.05) is 44.0 Å². The second-order valence-electron chi connectivity index (χ2n) is 4.81. The molecule has 0 bridgehead atoms. The number of sulfonamides is 1. The van der Waals surface area contributed by atoms with E-state index in [9.17, 15) is 8.42 Å². The minimum absolute atomic E-state index is 0.269. The Labute approximate surface area is 142 Å². The lowest BCUT2D eigenvalue weighted by atomic mass is 10.1. The molecule has 0 aliphatic carbocycles. The first kappa shape index (κ1) is 16.7. The zero-order chi connectivity index (χ0) is 15.6. The fourth-order valence-corrected chi connectivity index (χ4v) is 3.91. The summed E-state index contributed by atoms with van der Waals surface area (Å²) in [7, 11) is -3.55. The van der Waals surface area contributed by atoms with Crippen LogP contribution in [-0.2, 0) is 10.0 Å². The molecule has 0 aliphatic rings. The van der Waals surface area contributed by atoms with Gasteiger partial charge in [0.1, 0.15) is 0 Å². The Kier molecular flexibility index (Phi) is 5.24. The van der Waals surface area contributed by atoms with Gasteiger partial charge < -0.3 is 0 Å². The molecule has 0 aliphatic heterocycles. The van der Waals surface area contributed by atoms with E-state index in [0.29, 0.717) is 0 Å². The Morgan fingerprint density at radius 2 is 1.81 bits per heavy atom. The Hall–Kier alpha value is -0.690. The summed E-state index contributed by atoms with van der Waals surface area (Å²) in [4.78, 5) is 0.269. The van der Waals surface area contributed by atoms with Gasteiger partial charge in [0.05, 0.1) is 4.90 Å². The van der Waals surface area contributed by atoms with Crippen LogP contribution >= 0.6 is 31.9 Å². The molecule has 2 aromatic carbocycles. The van der Waals surface area contributed by atoms with Gasteiger partial charge in [-0.2, -0.15) is 0 Å². The lowest BCUT2D eigenvalue weighted by Crippen LogP contribution is -2.27. The fourth-order valence-electron chi connectivity index (χ4n) is 1.93. The topological polar surface area (TPSA) is 46.2 Å². The van der Waals surface area contributed by atoms with Crippen molar-refractivity contribution in [2.75, 3.05) is 0 Å². The molecule has 0 amide bonds. The molecule has 1 atom stereocenters. The highest BCUT2D eigenvalue weighted by Gasteiger charge is 2.19. The van der Waals surface area contributed by atoms with Gasteiger partial charge in [-0.05, 0) is 55.3 Å². The van der Waals surface area contributed by atoms with Crippen molar-refractivity contribution in [2.24, 2.45) is 0 Å². The number of nitrogens with one attached hydrogen (secondary N) is 1. The predicted octanol–water partition coefficient (Wildman–Crippen LogP) is 4.56. The van der Waals surface area contributed by atoms with Crippen molar-refractivity contribution >= 4 is 41.9 Å². The molecular weight excluding hydrogens is 418 g/mol. The first-order chi connectivity index (χ1) is 9.79. The first-order valence-corrected chi connectivity index (χ1v) is 9.40. The number of rotatable bonds is 4. The molecule has 0 saturated carbocycles. The quantitative estimate of drug-likeness (QED) is 0.769. The molecule has 0 spiro atoms. The monoisotopic (exact) mass is 431 g/mol. The molecule has 2 aromatic rings. The zero-order valence-corrected chi connectivity index (χ0v) is 15.6. The summed E-state index contributed by atoms with van der Waals surface area (Å²) in [5.74, 6) is 0. The molecule has 1 unspecified atom stereocenters. The summed E-state index contributed by atoms with van der Waals surface area (Å²) in [6.45, 7) is 3.69. The van der Waals surface area contributed by atoms with Crippen molar-refractivity contribution in [1.82, 2.24) is 4.72 Å². The number of benzene rings is 2. The van der Waals surface area contributed by atoms with Crippen molar-refractivity contribution in [3.63, 3.8) is 0 Å². The van der Waals surface area contributed by atoms with Crippen molar-refractivity contribution in [1.29, 1.82) is 0 Å². The summed E-state index contributed by atoms with van der Waals surface area (Å²) in [5.41, 5.74) is 1.79. The van der Waals surface area contributed by atoms with E-state index in [0.717, 1.165) is 20.1 Å². The highest BCUT2D eigenvalue weighted by molar-refractivity contribution is 9.10. The smallest absolute Gasteiger partial charge is 0.207 e. The molecule has 2 rings (SSSR count). The normalized spacial score (nSPS) is 13.1. The number of hydrogen-bond donors (Lipinski definition) is 1. The molecule has 6 heteroatoms. The average molecular weight is 433 g/mol. The van der Waals surface area contributed by atoms with Crippen molar-refractivity contribution < 1.29 is 8.42 Å². The second kappa shape index (κ2) is 6.60. The van der Waals surface area contributed by atoms with Gasteiger partial charge in [0.25, 0.3) is 0 Å². The molecule has 3 nitrogen and oxygen atoms in total. The van der Waals surface area contributed by atoms with E-state index < -0.39 is 10.0 Å². The maximum absolute atomic E-state index is 12.4. The van der Waals surface area contributed by atoms with E-state index >= 15 is 0 Å². The molecule has 0 aromatic heterocycles. The van der Waals surface area contributed by atoms with Crippen LogP contribution in [0.25, 0.3) is 0 Å². The summed E-state index contributed by atoms with van der Waals surface area (Å²) in [6.07, 6.45) is 0.